The molecule has 0 spiro atoms. The van der Waals surface area contributed by atoms with Crippen molar-refractivity contribution in [1.82, 2.24) is 20.4 Å². The Labute approximate surface area is 242 Å². The van der Waals surface area contributed by atoms with E-state index in [1.54, 1.807) is 12.1 Å². The van der Waals surface area contributed by atoms with Crippen LogP contribution in [0.15, 0.2) is 60.7 Å². The minimum Gasteiger partial charge on any atom is -0.469 e. The Hall–Kier alpha value is -4.14. The third-order valence-corrected chi connectivity index (χ3v) is 7.92. The number of benzene rings is 2. The number of carbonyl (C=O) groups excluding carboxylic acids is 3. The number of nitrogens with zero attached hydrogens (tertiary/aromatic N) is 2. The third-order valence-electron chi connectivity index (χ3n) is 7.92. The molecule has 1 saturated carbocycles. The van der Waals surface area contributed by atoms with E-state index in [0.29, 0.717) is 23.8 Å². The van der Waals surface area contributed by atoms with Gasteiger partial charge in [0.2, 0.25) is 0 Å². The number of nitrogens with one attached hydrogen (secondary N) is 3. The Kier molecular flexibility index (Phi) is 9.81. The van der Waals surface area contributed by atoms with Gasteiger partial charge in [-0.25, -0.2) is 4.79 Å². The van der Waals surface area contributed by atoms with Crippen molar-refractivity contribution in [3.8, 4) is 11.3 Å². The fraction of sp³-hybridized carbons (Fsp3) is 0.438. The molecule has 1 aliphatic carbocycles. The zero-order valence-corrected chi connectivity index (χ0v) is 24.4. The zero-order valence-electron chi connectivity index (χ0n) is 24.4. The number of hydrogen-bond acceptors (Lipinski definition) is 5. The number of amides is 3. The maximum absolute atomic E-state index is 13.7. The summed E-state index contributed by atoms with van der Waals surface area (Å²) in [5, 5.41) is 13.1. The molecular formula is C32H41N5O4. The Morgan fingerprint density at radius 1 is 1.00 bits per heavy atom. The van der Waals surface area contributed by atoms with E-state index in [2.05, 4.69) is 46.3 Å². The lowest BCUT2D eigenvalue weighted by atomic mass is 9.71. The van der Waals surface area contributed by atoms with Gasteiger partial charge < -0.3 is 15.0 Å². The number of rotatable bonds is 9. The maximum Gasteiger partial charge on any atom is 0.323 e. The summed E-state index contributed by atoms with van der Waals surface area (Å²) in [6.45, 7) is 7.49. The van der Waals surface area contributed by atoms with Crippen LogP contribution in [0, 0.1) is 11.3 Å². The van der Waals surface area contributed by atoms with E-state index in [0.717, 1.165) is 42.5 Å². The number of H-pyrrole nitrogens is 1. The first-order chi connectivity index (χ1) is 19.6. The van der Waals surface area contributed by atoms with E-state index in [9.17, 15) is 14.4 Å². The molecule has 3 aromatic rings. The van der Waals surface area contributed by atoms with Gasteiger partial charge in [-0.15, -0.1) is 0 Å². The summed E-state index contributed by atoms with van der Waals surface area (Å²) in [5.41, 5.74) is 3.40. The molecule has 3 amide bonds. The number of hydrogen-bond donors (Lipinski definition) is 3. The standard InChI is InChI=1S/C32H41N5O4/c1-32(2,3)25-14-16-26(17-15-25)37(31(40)34-28-20-27(35-36-28)23-8-6-5-7-9-23)21-22-10-12-24(13-11-22)30(39)33-19-18-29(38)41-4/h5-13,20,25-26H,14-19,21H2,1-4H3,(H,33,39)(H2,34,35,36,40)/t25-,26-. The molecule has 0 bridgehead atoms. The number of methoxy groups -OCH3 is 1. The Bertz CT molecular complexity index is 1310. The van der Waals surface area contributed by atoms with Crippen molar-refractivity contribution in [1.29, 1.82) is 0 Å². The predicted octanol–water partition coefficient (Wildman–Crippen LogP) is 6.01. The van der Waals surface area contributed by atoms with Crippen LogP contribution in [-0.2, 0) is 16.1 Å². The summed E-state index contributed by atoms with van der Waals surface area (Å²) in [5.74, 6) is 0.536. The molecule has 1 heterocycles. The quantitative estimate of drug-likeness (QED) is 0.278. The number of aromatic amines is 1. The summed E-state index contributed by atoms with van der Waals surface area (Å²) in [6, 6.07) is 18.8. The Balaban J connectivity index is 1.45. The van der Waals surface area contributed by atoms with E-state index in [1.165, 1.54) is 7.11 Å². The molecule has 1 aliphatic rings. The second-order valence-corrected chi connectivity index (χ2v) is 11.7. The number of ether oxygens (including phenoxy) is 1. The smallest absolute Gasteiger partial charge is 0.323 e. The molecule has 0 aliphatic heterocycles. The largest absolute Gasteiger partial charge is 0.469 e. The summed E-state index contributed by atoms with van der Waals surface area (Å²) < 4.78 is 4.61. The fourth-order valence-corrected chi connectivity index (χ4v) is 5.39. The Morgan fingerprint density at radius 2 is 1.68 bits per heavy atom. The number of aromatic nitrogens is 2. The number of urea groups is 1. The van der Waals surface area contributed by atoms with Gasteiger partial charge in [-0.2, -0.15) is 5.10 Å². The molecular weight excluding hydrogens is 518 g/mol. The van der Waals surface area contributed by atoms with Crippen molar-refractivity contribution in [2.45, 2.75) is 65.5 Å². The van der Waals surface area contributed by atoms with Crippen molar-refractivity contribution in [2.75, 3.05) is 19.0 Å². The van der Waals surface area contributed by atoms with E-state index in [4.69, 9.17) is 0 Å². The van der Waals surface area contributed by atoms with Gasteiger partial charge in [-0.1, -0.05) is 63.2 Å². The molecule has 4 rings (SSSR count). The number of carbonyl (C=O) groups is 3. The van der Waals surface area contributed by atoms with Gasteiger partial charge in [0, 0.05) is 36.3 Å². The molecule has 0 radical (unpaired) electrons. The lowest BCUT2D eigenvalue weighted by Gasteiger charge is -2.41. The fourth-order valence-electron chi connectivity index (χ4n) is 5.39. The first kappa shape index (κ1) is 29.8. The van der Waals surface area contributed by atoms with Gasteiger partial charge >= 0.3 is 12.0 Å². The average molecular weight is 560 g/mol. The van der Waals surface area contributed by atoms with Crippen LogP contribution in [0.2, 0.25) is 0 Å². The van der Waals surface area contributed by atoms with Crippen molar-refractivity contribution in [3.63, 3.8) is 0 Å². The molecule has 41 heavy (non-hydrogen) atoms. The third kappa shape index (κ3) is 8.19. The molecule has 0 unspecified atom stereocenters. The van der Waals surface area contributed by atoms with Crippen LogP contribution in [0.4, 0.5) is 10.6 Å². The lowest BCUT2D eigenvalue weighted by Crippen LogP contribution is -2.45. The lowest BCUT2D eigenvalue weighted by molar-refractivity contribution is -0.140. The molecule has 1 aromatic heterocycles. The molecule has 9 heteroatoms. The number of anilines is 1. The molecule has 0 saturated heterocycles. The zero-order chi connectivity index (χ0) is 29.4. The summed E-state index contributed by atoms with van der Waals surface area (Å²) in [7, 11) is 1.32. The highest BCUT2D eigenvalue weighted by molar-refractivity contribution is 5.94. The topological polar surface area (TPSA) is 116 Å². The summed E-state index contributed by atoms with van der Waals surface area (Å²) in [6.07, 6.45) is 4.14. The molecule has 1 fully saturated rings. The minimum atomic E-state index is -0.373. The van der Waals surface area contributed by atoms with Crippen LogP contribution in [0.3, 0.4) is 0 Å². The highest BCUT2D eigenvalue weighted by atomic mass is 16.5. The van der Waals surface area contributed by atoms with Crippen LogP contribution < -0.4 is 10.6 Å². The van der Waals surface area contributed by atoms with E-state index in [-0.39, 0.29) is 42.3 Å². The van der Waals surface area contributed by atoms with Crippen LogP contribution in [0.1, 0.15) is 68.8 Å². The van der Waals surface area contributed by atoms with Gasteiger partial charge in [0.25, 0.3) is 5.91 Å². The van der Waals surface area contributed by atoms with Gasteiger partial charge in [0.15, 0.2) is 0 Å². The summed E-state index contributed by atoms with van der Waals surface area (Å²) >= 11 is 0. The Morgan fingerprint density at radius 3 is 2.32 bits per heavy atom. The van der Waals surface area contributed by atoms with Crippen LogP contribution in [-0.4, -0.2) is 52.7 Å². The van der Waals surface area contributed by atoms with Gasteiger partial charge in [-0.05, 0) is 54.7 Å². The predicted molar refractivity (Wildman–Crippen MR) is 159 cm³/mol. The van der Waals surface area contributed by atoms with Gasteiger partial charge in [-0.3, -0.25) is 20.0 Å². The van der Waals surface area contributed by atoms with E-state index >= 15 is 0 Å². The normalized spacial score (nSPS) is 17.0. The van der Waals surface area contributed by atoms with E-state index in [1.807, 2.05) is 53.4 Å². The highest BCUT2D eigenvalue weighted by Gasteiger charge is 2.34. The number of esters is 1. The average Bonchev–Trinajstić information content (AvgIpc) is 3.44. The second kappa shape index (κ2) is 13.5. The monoisotopic (exact) mass is 559 g/mol. The molecule has 9 nitrogen and oxygen atoms in total. The van der Waals surface area contributed by atoms with Crippen molar-refractivity contribution in [3.05, 3.63) is 71.8 Å². The second-order valence-electron chi connectivity index (χ2n) is 11.7. The first-order valence-electron chi connectivity index (χ1n) is 14.3. The minimum absolute atomic E-state index is 0.103. The molecule has 218 valence electrons. The molecule has 2 aromatic carbocycles. The van der Waals surface area contributed by atoms with Crippen LogP contribution >= 0.6 is 0 Å². The maximum atomic E-state index is 13.7. The van der Waals surface area contributed by atoms with Crippen molar-refractivity contribution in [2.24, 2.45) is 11.3 Å². The molecule has 0 atom stereocenters. The first-order valence-corrected chi connectivity index (χ1v) is 14.3. The van der Waals surface area contributed by atoms with Gasteiger partial charge in [0.05, 0.1) is 19.2 Å². The van der Waals surface area contributed by atoms with Crippen molar-refractivity contribution >= 4 is 23.7 Å². The van der Waals surface area contributed by atoms with Crippen molar-refractivity contribution < 1.29 is 19.1 Å². The van der Waals surface area contributed by atoms with E-state index < -0.39 is 0 Å². The van der Waals surface area contributed by atoms with Crippen LogP contribution in [0.25, 0.3) is 11.3 Å². The molecule has 3 N–H and O–H groups in total. The highest BCUT2D eigenvalue weighted by Crippen LogP contribution is 2.39. The van der Waals surface area contributed by atoms with Gasteiger partial charge in [0.1, 0.15) is 5.82 Å². The SMILES string of the molecule is COC(=O)CCNC(=O)c1ccc(CN(C(=O)Nc2cc(-c3ccccc3)n[nH]2)[C@H]2CC[C@H](C(C)(C)C)CC2)cc1. The summed E-state index contributed by atoms with van der Waals surface area (Å²) in [4.78, 5) is 39.4. The van der Waals surface area contributed by atoms with Crippen LogP contribution in [0.5, 0.6) is 0 Å².